The molecule has 122 valence electrons. The maximum absolute atomic E-state index is 12.6. The SMILES string of the molecule is Cc1nc2ccncc2cc1C(=O)Nc1ccc(C(C)(C)C)cc1. The van der Waals surface area contributed by atoms with E-state index in [4.69, 9.17) is 0 Å². The molecule has 4 heteroatoms. The van der Waals surface area contributed by atoms with Gasteiger partial charge < -0.3 is 5.32 Å². The highest BCUT2D eigenvalue weighted by Crippen LogP contribution is 2.24. The Morgan fingerprint density at radius 1 is 1.08 bits per heavy atom. The van der Waals surface area contributed by atoms with E-state index in [1.165, 1.54) is 5.56 Å². The van der Waals surface area contributed by atoms with Crippen molar-refractivity contribution < 1.29 is 4.79 Å². The molecule has 1 amide bonds. The number of nitrogens with one attached hydrogen (secondary N) is 1. The summed E-state index contributed by atoms with van der Waals surface area (Å²) in [5.41, 5.74) is 4.21. The van der Waals surface area contributed by atoms with E-state index in [1.54, 1.807) is 12.4 Å². The number of benzene rings is 1. The Hall–Kier alpha value is -2.75. The van der Waals surface area contributed by atoms with Crippen LogP contribution in [-0.2, 0) is 5.41 Å². The van der Waals surface area contributed by atoms with Crippen LogP contribution in [0.25, 0.3) is 10.9 Å². The second-order valence-electron chi connectivity index (χ2n) is 6.97. The van der Waals surface area contributed by atoms with Crippen LogP contribution in [0.15, 0.2) is 48.8 Å². The first kappa shape index (κ1) is 16.1. The monoisotopic (exact) mass is 319 g/mol. The van der Waals surface area contributed by atoms with Gasteiger partial charge in [-0.15, -0.1) is 0 Å². The number of hydrogen-bond acceptors (Lipinski definition) is 3. The summed E-state index contributed by atoms with van der Waals surface area (Å²) in [7, 11) is 0. The minimum absolute atomic E-state index is 0.0917. The lowest BCUT2D eigenvalue weighted by Gasteiger charge is -2.19. The molecule has 0 bridgehead atoms. The van der Waals surface area contributed by atoms with Gasteiger partial charge in [-0.25, -0.2) is 0 Å². The third kappa shape index (κ3) is 3.27. The summed E-state index contributed by atoms with van der Waals surface area (Å²) in [4.78, 5) is 21.2. The predicted octanol–water partition coefficient (Wildman–Crippen LogP) is 4.49. The number of hydrogen-bond donors (Lipinski definition) is 1. The van der Waals surface area contributed by atoms with Gasteiger partial charge in [0.2, 0.25) is 0 Å². The van der Waals surface area contributed by atoms with Gasteiger partial charge in [0.25, 0.3) is 5.91 Å². The molecule has 0 saturated carbocycles. The Labute approximate surface area is 142 Å². The van der Waals surface area contributed by atoms with Gasteiger partial charge in [-0.2, -0.15) is 0 Å². The average Bonchev–Trinajstić information content (AvgIpc) is 2.53. The predicted molar refractivity (Wildman–Crippen MR) is 97.4 cm³/mol. The molecule has 3 rings (SSSR count). The van der Waals surface area contributed by atoms with E-state index >= 15 is 0 Å². The molecule has 0 radical (unpaired) electrons. The van der Waals surface area contributed by atoms with E-state index in [0.29, 0.717) is 11.3 Å². The zero-order chi connectivity index (χ0) is 17.3. The van der Waals surface area contributed by atoms with Crippen molar-refractivity contribution in [1.29, 1.82) is 0 Å². The van der Waals surface area contributed by atoms with Gasteiger partial charge in [0, 0.05) is 23.5 Å². The van der Waals surface area contributed by atoms with Crippen LogP contribution in [0.1, 0.15) is 42.4 Å². The number of carbonyl (C=O) groups excluding carboxylic acids is 1. The summed E-state index contributed by atoms with van der Waals surface area (Å²) in [6.07, 6.45) is 3.42. The lowest BCUT2D eigenvalue weighted by Crippen LogP contribution is -2.15. The van der Waals surface area contributed by atoms with Crippen LogP contribution in [-0.4, -0.2) is 15.9 Å². The Morgan fingerprint density at radius 3 is 2.46 bits per heavy atom. The van der Waals surface area contributed by atoms with Crippen molar-refractivity contribution in [1.82, 2.24) is 9.97 Å². The topological polar surface area (TPSA) is 54.9 Å². The maximum atomic E-state index is 12.6. The second kappa shape index (κ2) is 6.04. The fourth-order valence-electron chi connectivity index (χ4n) is 2.60. The van der Waals surface area contributed by atoms with Gasteiger partial charge in [-0.05, 0) is 42.2 Å². The van der Waals surface area contributed by atoms with Crippen molar-refractivity contribution in [2.75, 3.05) is 5.32 Å². The minimum atomic E-state index is -0.158. The molecule has 0 spiro atoms. The third-order valence-electron chi connectivity index (χ3n) is 4.06. The first-order chi connectivity index (χ1) is 11.3. The standard InChI is InChI=1S/C20H21N3O/c1-13-17(11-14-12-21-10-9-18(14)22-13)19(24)23-16-7-5-15(6-8-16)20(2,3)4/h5-12H,1-4H3,(H,23,24). The van der Waals surface area contributed by atoms with Crippen LogP contribution in [0.5, 0.6) is 0 Å². The Balaban J connectivity index is 1.86. The first-order valence-electron chi connectivity index (χ1n) is 7.98. The zero-order valence-electron chi connectivity index (χ0n) is 14.4. The third-order valence-corrected chi connectivity index (χ3v) is 4.06. The molecule has 4 nitrogen and oxygen atoms in total. The lowest BCUT2D eigenvalue weighted by atomic mass is 9.87. The Morgan fingerprint density at radius 2 is 1.79 bits per heavy atom. The van der Waals surface area contributed by atoms with Gasteiger partial charge in [-0.3, -0.25) is 14.8 Å². The van der Waals surface area contributed by atoms with E-state index < -0.39 is 0 Å². The van der Waals surface area contributed by atoms with Crippen LogP contribution >= 0.6 is 0 Å². The van der Waals surface area contributed by atoms with Crippen molar-refractivity contribution in [3.63, 3.8) is 0 Å². The second-order valence-corrected chi connectivity index (χ2v) is 6.97. The summed E-state index contributed by atoms with van der Waals surface area (Å²) in [5, 5.41) is 3.80. The largest absolute Gasteiger partial charge is 0.322 e. The van der Waals surface area contributed by atoms with Crippen LogP contribution in [0.2, 0.25) is 0 Å². The molecule has 0 aliphatic rings. The summed E-state index contributed by atoms with van der Waals surface area (Å²) in [6.45, 7) is 8.34. The molecule has 0 unspecified atom stereocenters. The molecular formula is C20H21N3O. The van der Waals surface area contributed by atoms with Gasteiger partial charge in [0.15, 0.2) is 0 Å². The summed E-state index contributed by atoms with van der Waals surface area (Å²) in [6, 6.07) is 11.6. The number of anilines is 1. The maximum Gasteiger partial charge on any atom is 0.257 e. The Bertz CT molecular complexity index is 893. The molecule has 3 aromatic rings. The van der Waals surface area contributed by atoms with Crippen molar-refractivity contribution in [3.8, 4) is 0 Å². The van der Waals surface area contributed by atoms with E-state index in [-0.39, 0.29) is 11.3 Å². The molecule has 1 aromatic carbocycles. The van der Waals surface area contributed by atoms with Crippen LogP contribution in [0, 0.1) is 6.92 Å². The Kier molecular flexibility index (Phi) is 4.06. The van der Waals surface area contributed by atoms with Gasteiger partial charge in [0.1, 0.15) is 0 Å². The summed E-state index contributed by atoms with van der Waals surface area (Å²) >= 11 is 0. The summed E-state index contributed by atoms with van der Waals surface area (Å²) in [5.74, 6) is -0.158. The molecular weight excluding hydrogens is 298 g/mol. The fourth-order valence-corrected chi connectivity index (χ4v) is 2.60. The van der Waals surface area contributed by atoms with E-state index in [0.717, 1.165) is 16.6 Å². The minimum Gasteiger partial charge on any atom is -0.322 e. The smallest absolute Gasteiger partial charge is 0.257 e. The molecule has 0 atom stereocenters. The summed E-state index contributed by atoms with van der Waals surface area (Å²) < 4.78 is 0. The number of carbonyl (C=O) groups is 1. The van der Waals surface area contributed by atoms with Gasteiger partial charge >= 0.3 is 0 Å². The quantitative estimate of drug-likeness (QED) is 0.757. The van der Waals surface area contributed by atoms with Crippen molar-refractivity contribution in [2.45, 2.75) is 33.1 Å². The van der Waals surface area contributed by atoms with Crippen LogP contribution in [0.3, 0.4) is 0 Å². The van der Waals surface area contributed by atoms with Crippen molar-refractivity contribution in [3.05, 3.63) is 65.6 Å². The van der Waals surface area contributed by atoms with Gasteiger partial charge in [-0.1, -0.05) is 32.9 Å². The molecule has 24 heavy (non-hydrogen) atoms. The van der Waals surface area contributed by atoms with Crippen LogP contribution in [0.4, 0.5) is 5.69 Å². The molecule has 0 saturated heterocycles. The number of aromatic nitrogens is 2. The molecule has 1 N–H and O–H groups in total. The highest BCUT2D eigenvalue weighted by atomic mass is 16.1. The van der Waals surface area contributed by atoms with E-state index in [2.05, 4.69) is 36.1 Å². The number of amides is 1. The molecule has 0 aliphatic heterocycles. The lowest BCUT2D eigenvalue weighted by molar-refractivity contribution is 0.102. The van der Waals surface area contributed by atoms with Crippen LogP contribution < -0.4 is 5.32 Å². The highest BCUT2D eigenvalue weighted by Gasteiger charge is 2.15. The number of nitrogens with zero attached hydrogens (tertiary/aromatic N) is 2. The van der Waals surface area contributed by atoms with Crippen molar-refractivity contribution in [2.24, 2.45) is 0 Å². The molecule has 2 aromatic heterocycles. The zero-order valence-corrected chi connectivity index (χ0v) is 14.4. The number of rotatable bonds is 2. The highest BCUT2D eigenvalue weighted by molar-refractivity contribution is 6.06. The number of aryl methyl sites for hydroxylation is 1. The molecule has 0 aliphatic carbocycles. The first-order valence-corrected chi connectivity index (χ1v) is 7.98. The molecule has 2 heterocycles. The fraction of sp³-hybridized carbons (Fsp3) is 0.250. The normalized spacial score (nSPS) is 11.5. The molecule has 0 fully saturated rings. The van der Waals surface area contributed by atoms with Crippen molar-refractivity contribution >= 4 is 22.5 Å². The number of fused-ring (bicyclic) bond motifs is 1. The van der Waals surface area contributed by atoms with E-state index in [9.17, 15) is 4.79 Å². The average molecular weight is 319 g/mol. The number of pyridine rings is 2. The van der Waals surface area contributed by atoms with E-state index in [1.807, 2.05) is 43.3 Å². The van der Waals surface area contributed by atoms with Gasteiger partial charge in [0.05, 0.1) is 16.8 Å².